The van der Waals surface area contributed by atoms with E-state index in [0.717, 1.165) is 27.8 Å². The van der Waals surface area contributed by atoms with Gasteiger partial charge in [-0.1, -0.05) is 60.2 Å². The molecule has 1 atom stereocenters. The van der Waals surface area contributed by atoms with Crippen LogP contribution in [0.3, 0.4) is 0 Å². The van der Waals surface area contributed by atoms with Crippen LogP contribution in [0.1, 0.15) is 29.7 Å². The Morgan fingerprint density at radius 3 is 2.18 bits per heavy atom. The molecule has 0 saturated carbocycles. The summed E-state index contributed by atoms with van der Waals surface area (Å²) < 4.78 is 0. The van der Waals surface area contributed by atoms with E-state index in [9.17, 15) is 5.11 Å². The number of allylic oxidation sites excluding steroid dienone is 2. The van der Waals surface area contributed by atoms with E-state index >= 15 is 0 Å². The van der Waals surface area contributed by atoms with Crippen molar-refractivity contribution in [1.82, 2.24) is 0 Å². The van der Waals surface area contributed by atoms with Crippen LogP contribution < -0.4 is 0 Å². The van der Waals surface area contributed by atoms with Crippen LogP contribution in [-0.4, -0.2) is 5.11 Å². The highest BCUT2D eigenvalue weighted by molar-refractivity contribution is 5.38. The maximum atomic E-state index is 10.3. The maximum Gasteiger partial charge on any atom is 0.104 e. The summed E-state index contributed by atoms with van der Waals surface area (Å²) in [5, 5.41) is 10.3. The van der Waals surface area contributed by atoms with E-state index < -0.39 is 6.10 Å². The predicted molar refractivity (Wildman–Crippen MR) is 74.0 cm³/mol. The monoisotopic (exact) mass is 228 g/mol. The average molecular weight is 228 g/mol. The van der Waals surface area contributed by atoms with E-state index in [1.807, 2.05) is 39.0 Å². The summed E-state index contributed by atoms with van der Waals surface area (Å²) in [4.78, 5) is 0. The van der Waals surface area contributed by atoms with E-state index in [4.69, 9.17) is 0 Å². The van der Waals surface area contributed by atoms with Crippen molar-refractivity contribution < 1.29 is 5.11 Å². The van der Waals surface area contributed by atoms with Gasteiger partial charge in [0, 0.05) is 0 Å². The van der Waals surface area contributed by atoms with Gasteiger partial charge in [0.05, 0.1) is 0 Å². The fraction of sp³-hybridized carbons (Fsp3) is 0.250. The van der Waals surface area contributed by atoms with Gasteiger partial charge in [-0.25, -0.2) is 0 Å². The summed E-state index contributed by atoms with van der Waals surface area (Å²) in [5.74, 6) is 0. The minimum absolute atomic E-state index is 0.636. The van der Waals surface area contributed by atoms with Crippen LogP contribution in [0.2, 0.25) is 0 Å². The first-order chi connectivity index (χ1) is 7.93. The molecule has 0 aliphatic rings. The molecule has 1 aromatic rings. The Morgan fingerprint density at radius 1 is 1.24 bits per heavy atom. The highest BCUT2D eigenvalue weighted by Crippen LogP contribution is 2.25. The minimum atomic E-state index is -0.636. The molecule has 0 heterocycles. The molecule has 0 spiro atoms. The zero-order valence-corrected chi connectivity index (χ0v) is 10.8. The van der Waals surface area contributed by atoms with Gasteiger partial charge < -0.3 is 5.11 Å². The lowest BCUT2D eigenvalue weighted by atomic mass is 9.97. The second kappa shape index (κ2) is 5.65. The van der Waals surface area contributed by atoms with Crippen LogP contribution in [0.15, 0.2) is 54.7 Å². The Balaban J connectivity index is 3.14. The smallest absolute Gasteiger partial charge is 0.104 e. The summed E-state index contributed by atoms with van der Waals surface area (Å²) in [6.45, 7) is 13.5. The van der Waals surface area contributed by atoms with Gasteiger partial charge in [-0.2, -0.15) is 0 Å². The van der Waals surface area contributed by atoms with Crippen LogP contribution in [0.5, 0.6) is 0 Å². The number of aryl methyl sites for hydroxylation is 2. The largest absolute Gasteiger partial charge is 0.384 e. The molecule has 1 heteroatoms. The van der Waals surface area contributed by atoms with Gasteiger partial charge in [0.1, 0.15) is 6.10 Å². The molecule has 1 nitrogen and oxygen atoms in total. The van der Waals surface area contributed by atoms with Crippen LogP contribution in [0, 0.1) is 13.8 Å². The van der Waals surface area contributed by atoms with Gasteiger partial charge in [0.25, 0.3) is 0 Å². The molecular formula is C16H20O. The van der Waals surface area contributed by atoms with Crippen molar-refractivity contribution in [2.24, 2.45) is 0 Å². The Morgan fingerprint density at radius 2 is 1.76 bits per heavy atom. The van der Waals surface area contributed by atoms with E-state index in [-0.39, 0.29) is 0 Å². The van der Waals surface area contributed by atoms with Gasteiger partial charge in [0.2, 0.25) is 0 Å². The molecule has 0 saturated heterocycles. The first kappa shape index (κ1) is 13.5. The highest BCUT2D eigenvalue weighted by atomic mass is 16.3. The molecule has 0 fully saturated rings. The molecule has 0 aromatic heterocycles. The second-order valence-electron chi connectivity index (χ2n) is 4.52. The van der Waals surface area contributed by atoms with E-state index in [0.29, 0.717) is 0 Å². The second-order valence-corrected chi connectivity index (χ2v) is 4.52. The Labute approximate surface area is 104 Å². The fourth-order valence-corrected chi connectivity index (χ4v) is 1.89. The zero-order chi connectivity index (χ0) is 13.0. The normalized spacial score (nSPS) is 13.3. The first-order valence-corrected chi connectivity index (χ1v) is 5.70. The van der Waals surface area contributed by atoms with Crippen LogP contribution in [0.4, 0.5) is 0 Å². The lowest BCUT2D eigenvalue weighted by Gasteiger charge is -2.14. The molecule has 0 bridgehead atoms. The molecule has 0 aliphatic heterocycles. The third-order valence-electron chi connectivity index (χ3n) is 2.52. The van der Waals surface area contributed by atoms with Crippen LogP contribution in [0.25, 0.3) is 0 Å². The van der Waals surface area contributed by atoms with Crippen LogP contribution >= 0.6 is 0 Å². The van der Waals surface area contributed by atoms with Crippen molar-refractivity contribution in [3.05, 3.63) is 71.3 Å². The SMILES string of the molecule is C=CC(=CC(=C)C)C(O)c1cc(C)cc(C)c1. The lowest BCUT2D eigenvalue weighted by Crippen LogP contribution is -2.01. The molecule has 1 rings (SSSR count). The number of hydrogen-bond donors (Lipinski definition) is 1. The van der Waals surface area contributed by atoms with Gasteiger partial charge in [-0.3, -0.25) is 0 Å². The summed E-state index contributed by atoms with van der Waals surface area (Å²) in [6, 6.07) is 6.08. The molecule has 90 valence electrons. The Kier molecular flexibility index (Phi) is 4.47. The molecule has 1 N–H and O–H groups in total. The van der Waals surface area contributed by atoms with Crippen molar-refractivity contribution in [1.29, 1.82) is 0 Å². The van der Waals surface area contributed by atoms with Crippen LogP contribution in [-0.2, 0) is 0 Å². The lowest BCUT2D eigenvalue weighted by molar-refractivity contribution is 0.219. The highest BCUT2D eigenvalue weighted by Gasteiger charge is 2.11. The molecule has 0 amide bonds. The summed E-state index contributed by atoms with van der Waals surface area (Å²) in [5.41, 5.74) is 4.89. The third-order valence-corrected chi connectivity index (χ3v) is 2.52. The Bertz CT molecular complexity index is 446. The van der Waals surface area contributed by atoms with Crippen molar-refractivity contribution in [2.75, 3.05) is 0 Å². The van der Waals surface area contributed by atoms with E-state index in [1.165, 1.54) is 0 Å². The van der Waals surface area contributed by atoms with E-state index in [1.54, 1.807) is 6.08 Å². The number of aliphatic hydroxyl groups is 1. The average Bonchev–Trinajstić information content (AvgIpc) is 2.23. The number of rotatable bonds is 4. The molecule has 17 heavy (non-hydrogen) atoms. The molecule has 1 unspecified atom stereocenters. The Hall–Kier alpha value is -1.60. The van der Waals surface area contributed by atoms with Crippen molar-refractivity contribution in [3.63, 3.8) is 0 Å². The summed E-state index contributed by atoms with van der Waals surface area (Å²) in [7, 11) is 0. The maximum absolute atomic E-state index is 10.3. The van der Waals surface area contributed by atoms with Gasteiger partial charge in [-0.15, -0.1) is 0 Å². The molecule has 1 aromatic carbocycles. The van der Waals surface area contributed by atoms with Gasteiger partial charge >= 0.3 is 0 Å². The van der Waals surface area contributed by atoms with Crippen molar-refractivity contribution in [2.45, 2.75) is 26.9 Å². The molecule has 0 radical (unpaired) electrons. The number of benzene rings is 1. The van der Waals surface area contributed by atoms with Gasteiger partial charge in [0.15, 0.2) is 0 Å². The number of aliphatic hydroxyl groups excluding tert-OH is 1. The quantitative estimate of drug-likeness (QED) is 0.771. The third kappa shape index (κ3) is 3.72. The van der Waals surface area contributed by atoms with Crippen molar-refractivity contribution in [3.8, 4) is 0 Å². The fourth-order valence-electron chi connectivity index (χ4n) is 1.89. The number of hydrogen-bond acceptors (Lipinski definition) is 1. The molecular weight excluding hydrogens is 208 g/mol. The summed E-state index contributed by atoms with van der Waals surface area (Å²) in [6.07, 6.45) is 2.90. The van der Waals surface area contributed by atoms with Gasteiger partial charge in [-0.05, 0) is 31.9 Å². The van der Waals surface area contributed by atoms with E-state index in [2.05, 4.69) is 19.2 Å². The zero-order valence-electron chi connectivity index (χ0n) is 10.8. The predicted octanol–water partition coefficient (Wildman–Crippen LogP) is 4.03. The molecule has 0 aliphatic carbocycles. The van der Waals surface area contributed by atoms with Crippen molar-refractivity contribution >= 4 is 0 Å². The standard InChI is InChI=1S/C16H20O/c1-6-14(7-11(2)3)16(17)15-9-12(4)8-13(5)10-15/h6-10,16-17H,1-2H2,3-5H3. The summed E-state index contributed by atoms with van der Waals surface area (Å²) >= 11 is 0. The minimum Gasteiger partial charge on any atom is -0.384 e. The topological polar surface area (TPSA) is 20.2 Å². The first-order valence-electron chi connectivity index (χ1n) is 5.70.